The summed E-state index contributed by atoms with van der Waals surface area (Å²) < 4.78 is 27.1. The Morgan fingerprint density at radius 3 is 2.70 bits per heavy atom. The fourth-order valence-electron chi connectivity index (χ4n) is 1.68. The van der Waals surface area contributed by atoms with Gasteiger partial charge < -0.3 is 5.32 Å². The Labute approximate surface area is 123 Å². The third-order valence-corrected chi connectivity index (χ3v) is 4.76. The number of sulfonamides is 1. The minimum atomic E-state index is -3.52. The van der Waals surface area contributed by atoms with E-state index in [0.29, 0.717) is 18.3 Å². The monoisotopic (exact) mass is 310 g/mol. The van der Waals surface area contributed by atoms with Gasteiger partial charge in [-0.25, -0.2) is 8.42 Å². The molecular formula is C14H18N2O2S2. The minimum Gasteiger partial charge on any atom is -0.310 e. The van der Waals surface area contributed by atoms with Gasteiger partial charge in [0.15, 0.2) is 0 Å². The number of nitrogens with one attached hydrogen (secondary N) is 2. The highest BCUT2D eigenvalue weighted by molar-refractivity contribution is 7.92. The van der Waals surface area contributed by atoms with Crippen LogP contribution in [-0.2, 0) is 16.6 Å². The highest BCUT2D eigenvalue weighted by Gasteiger charge is 2.14. The van der Waals surface area contributed by atoms with Gasteiger partial charge >= 0.3 is 0 Å². The molecule has 0 bridgehead atoms. The van der Waals surface area contributed by atoms with Crippen LogP contribution < -0.4 is 10.0 Å². The first-order valence-corrected chi connectivity index (χ1v) is 8.77. The lowest BCUT2D eigenvalue weighted by Crippen LogP contribution is -2.22. The fraction of sp³-hybridized carbons (Fsp3) is 0.286. The highest BCUT2D eigenvalue weighted by Crippen LogP contribution is 2.19. The summed E-state index contributed by atoms with van der Waals surface area (Å²) in [6.45, 7) is 4.76. The first-order valence-electron chi connectivity index (χ1n) is 6.35. The average molecular weight is 310 g/mol. The van der Waals surface area contributed by atoms with Crippen LogP contribution in [0.4, 0.5) is 5.69 Å². The number of hydrogen-bond donors (Lipinski definition) is 2. The van der Waals surface area contributed by atoms with E-state index in [1.807, 2.05) is 11.4 Å². The quantitative estimate of drug-likeness (QED) is 0.862. The molecular weight excluding hydrogens is 292 g/mol. The molecule has 0 radical (unpaired) electrons. The van der Waals surface area contributed by atoms with Gasteiger partial charge in [-0.15, -0.1) is 0 Å². The Kier molecular flexibility index (Phi) is 4.80. The SMILES string of the molecule is CC(C)NCc1cccc(S(=O)(=O)Nc2ccsc2)c1. The van der Waals surface area contributed by atoms with Crippen LogP contribution >= 0.6 is 11.3 Å². The van der Waals surface area contributed by atoms with Gasteiger partial charge in [-0.1, -0.05) is 26.0 Å². The van der Waals surface area contributed by atoms with Gasteiger partial charge in [0.25, 0.3) is 10.0 Å². The second kappa shape index (κ2) is 6.39. The highest BCUT2D eigenvalue weighted by atomic mass is 32.2. The maximum absolute atomic E-state index is 12.3. The van der Waals surface area contributed by atoms with Crippen LogP contribution in [0.15, 0.2) is 46.0 Å². The van der Waals surface area contributed by atoms with E-state index in [4.69, 9.17) is 0 Å². The number of hydrogen-bond acceptors (Lipinski definition) is 4. The summed E-state index contributed by atoms with van der Waals surface area (Å²) in [7, 11) is -3.52. The number of thiophene rings is 1. The van der Waals surface area contributed by atoms with Crippen molar-refractivity contribution in [3.8, 4) is 0 Å². The molecule has 0 aliphatic carbocycles. The van der Waals surface area contributed by atoms with E-state index in [9.17, 15) is 8.42 Å². The summed E-state index contributed by atoms with van der Waals surface area (Å²) >= 11 is 1.45. The third kappa shape index (κ3) is 4.06. The van der Waals surface area contributed by atoms with Crippen molar-refractivity contribution in [3.63, 3.8) is 0 Å². The van der Waals surface area contributed by atoms with Crippen molar-refractivity contribution in [1.29, 1.82) is 0 Å². The maximum Gasteiger partial charge on any atom is 0.261 e. The normalized spacial score (nSPS) is 11.8. The molecule has 0 aliphatic heterocycles. The van der Waals surface area contributed by atoms with Crippen molar-refractivity contribution >= 4 is 27.0 Å². The Balaban J connectivity index is 2.17. The molecule has 2 aromatic rings. The molecule has 0 saturated carbocycles. The van der Waals surface area contributed by atoms with Gasteiger partial charge in [-0.2, -0.15) is 11.3 Å². The summed E-state index contributed by atoms with van der Waals surface area (Å²) in [6, 6.07) is 9.09. The van der Waals surface area contributed by atoms with Crippen molar-refractivity contribution in [2.75, 3.05) is 4.72 Å². The van der Waals surface area contributed by atoms with E-state index < -0.39 is 10.0 Å². The lowest BCUT2D eigenvalue weighted by atomic mass is 10.2. The van der Waals surface area contributed by atoms with Gasteiger partial charge in [0.2, 0.25) is 0 Å². The zero-order valence-electron chi connectivity index (χ0n) is 11.5. The van der Waals surface area contributed by atoms with Crippen molar-refractivity contribution in [2.45, 2.75) is 31.3 Å². The molecule has 0 spiro atoms. The van der Waals surface area contributed by atoms with Gasteiger partial charge in [-0.05, 0) is 29.1 Å². The molecule has 108 valence electrons. The van der Waals surface area contributed by atoms with Crippen molar-refractivity contribution in [1.82, 2.24) is 5.32 Å². The smallest absolute Gasteiger partial charge is 0.261 e. The molecule has 0 unspecified atom stereocenters. The van der Waals surface area contributed by atoms with E-state index in [2.05, 4.69) is 23.9 Å². The molecule has 1 aromatic carbocycles. The van der Waals surface area contributed by atoms with Crippen LogP contribution in [0.2, 0.25) is 0 Å². The van der Waals surface area contributed by atoms with Gasteiger partial charge in [-0.3, -0.25) is 4.72 Å². The van der Waals surface area contributed by atoms with Crippen LogP contribution in [-0.4, -0.2) is 14.5 Å². The van der Waals surface area contributed by atoms with Crippen LogP contribution in [0, 0.1) is 0 Å². The van der Waals surface area contributed by atoms with Crippen molar-refractivity contribution < 1.29 is 8.42 Å². The standard InChI is InChI=1S/C14H18N2O2S2/c1-11(2)15-9-12-4-3-5-14(8-12)20(17,18)16-13-6-7-19-10-13/h3-8,10-11,15-16H,9H2,1-2H3. The number of benzene rings is 1. The van der Waals surface area contributed by atoms with Gasteiger partial charge in [0.1, 0.15) is 0 Å². The first-order chi connectivity index (χ1) is 9.47. The van der Waals surface area contributed by atoms with Crippen LogP contribution in [0.5, 0.6) is 0 Å². The zero-order chi connectivity index (χ0) is 14.6. The maximum atomic E-state index is 12.3. The average Bonchev–Trinajstić information content (AvgIpc) is 2.89. The van der Waals surface area contributed by atoms with Crippen molar-refractivity contribution in [2.24, 2.45) is 0 Å². The lowest BCUT2D eigenvalue weighted by Gasteiger charge is -2.10. The molecule has 20 heavy (non-hydrogen) atoms. The molecule has 6 heteroatoms. The Bertz CT molecular complexity index is 650. The summed E-state index contributed by atoms with van der Waals surface area (Å²) in [5, 5.41) is 6.87. The minimum absolute atomic E-state index is 0.284. The van der Waals surface area contributed by atoms with E-state index in [1.165, 1.54) is 11.3 Å². The Hall–Kier alpha value is -1.37. The van der Waals surface area contributed by atoms with E-state index in [0.717, 1.165) is 5.56 Å². The number of rotatable bonds is 6. The molecule has 0 saturated heterocycles. The predicted octanol–water partition coefficient (Wildman–Crippen LogP) is 3.05. The lowest BCUT2D eigenvalue weighted by molar-refractivity contribution is 0.587. The molecule has 2 N–H and O–H groups in total. The molecule has 0 amide bonds. The van der Waals surface area contributed by atoms with Crippen molar-refractivity contribution in [3.05, 3.63) is 46.7 Å². The van der Waals surface area contributed by atoms with E-state index >= 15 is 0 Å². The van der Waals surface area contributed by atoms with Crippen LogP contribution in [0.1, 0.15) is 19.4 Å². The van der Waals surface area contributed by atoms with Crippen LogP contribution in [0.25, 0.3) is 0 Å². The molecule has 1 aromatic heterocycles. The fourth-order valence-corrected chi connectivity index (χ4v) is 3.46. The third-order valence-electron chi connectivity index (χ3n) is 2.70. The Morgan fingerprint density at radius 2 is 2.05 bits per heavy atom. The molecule has 0 fully saturated rings. The Morgan fingerprint density at radius 1 is 1.25 bits per heavy atom. The zero-order valence-corrected chi connectivity index (χ0v) is 13.1. The van der Waals surface area contributed by atoms with Gasteiger partial charge in [0, 0.05) is 18.0 Å². The molecule has 0 aliphatic rings. The predicted molar refractivity (Wildman–Crippen MR) is 83.5 cm³/mol. The molecule has 4 nitrogen and oxygen atoms in total. The second-order valence-electron chi connectivity index (χ2n) is 4.80. The summed E-state index contributed by atoms with van der Waals surface area (Å²) in [5.41, 5.74) is 1.55. The first kappa shape index (κ1) is 15.0. The second-order valence-corrected chi connectivity index (χ2v) is 7.26. The topological polar surface area (TPSA) is 58.2 Å². The summed E-state index contributed by atoms with van der Waals surface area (Å²) in [4.78, 5) is 0.284. The number of anilines is 1. The summed E-state index contributed by atoms with van der Waals surface area (Å²) in [5.74, 6) is 0. The van der Waals surface area contributed by atoms with Gasteiger partial charge in [0.05, 0.1) is 10.6 Å². The molecule has 2 rings (SSSR count). The largest absolute Gasteiger partial charge is 0.310 e. The van der Waals surface area contributed by atoms with E-state index in [-0.39, 0.29) is 4.90 Å². The molecule has 0 atom stereocenters. The molecule has 1 heterocycles. The summed E-state index contributed by atoms with van der Waals surface area (Å²) in [6.07, 6.45) is 0. The van der Waals surface area contributed by atoms with Crippen LogP contribution in [0.3, 0.4) is 0 Å². The van der Waals surface area contributed by atoms with E-state index in [1.54, 1.807) is 29.6 Å².